The molecule has 3 nitrogen and oxygen atoms in total. The van der Waals surface area contributed by atoms with E-state index in [1.165, 1.54) is 19.3 Å². The van der Waals surface area contributed by atoms with E-state index in [0.717, 1.165) is 23.8 Å². The van der Waals surface area contributed by atoms with Gasteiger partial charge in [0, 0.05) is 6.54 Å². The van der Waals surface area contributed by atoms with Crippen LogP contribution in [0.1, 0.15) is 30.9 Å². The van der Waals surface area contributed by atoms with Crippen LogP contribution in [0.5, 0.6) is 5.75 Å². The van der Waals surface area contributed by atoms with Crippen LogP contribution in [0.3, 0.4) is 0 Å². The fourth-order valence-electron chi connectivity index (χ4n) is 1.90. The smallest absolute Gasteiger partial charge is 0.118 e. The SMILES string of the molecule is COc1ccc(C(O)CNCCC2CC2)cc1. The average Bonchev–Trinajstić information content (AvgIpc) is 3.18. The highest BCUT2D eigenvalue weighted by molar-refractivity contribution is 5.28. The van der Waals surface area contributed by atoms with Crippen molar-refractivity contribution in [3.05, 3.63) is 29.8 Å². The van der Waals surface area contributed by atoms with Gasteiger partial charge >= 0.3 is 0 Å². The van der Waals surface area contributed by atoms with Gasteiger partial charge in [0.15, 0.2) is 0 Å². The Kier molecular flexibility index (Phi) is 4.40. The maximum atomic E-state index is 9.96. The molecule has 0 saturated heterocycles. The number of aliphatic hydroxyl groups excluding tert-OH is 1. The predicted molar refractivity (Wildman–Crippen MR) is 68.2 cm³/mol. The van der Waals surface area contributed by atoms with Crippen molar-refractivity contribution in [2.45, 2.75) is 25.4 Å². The van der Waals surface area contributed by atoms with Crippen LogP contribution in [0, 0.1) is 5.92 Å². The first-order chi connectivity index (χ1) is 8.29. The third-order valence-electron chi connectivity index (χ3n) is 3.26. The van der Waals surface area contributed by atoms with E-state index in [9.17, 15) is 5.11 Å². The van der Waals surface area contributed by atoms with Crippen molar-refractivity contribution < 1.29 is 9.84 Å². The second-order valence-corrected chi connectivity index (χ2v) is 4.73. The van der Waals surface area contributed by atoms with E-state index in [-0.39, 0.29) is 0 Å². The summed E-state index contributed by atoms with van der Waals surface area (Å²) in [6.07, 6.45) is 3.60. The van der Waals surface area contributed by atoms with Crippen molar-refractivity contribution >= 4 is 0 Å². The quantitative estimate of drug-likeness (QED) is 0.711. The highest BCUT2D eigenvalue weighted by Gasteiger charge is 2.20. The van der Waals surface area contributed by atoms with Crippen LogP contribution in [-0.4, -0.2) is 25.3 Å². The third kappa shape index (κ3) is 4.02. The molecule has 1 aromatic carbocycles. The maximum Gasteiger partial charge on any atom is 0.118 e. The van der Waals surface area contributed by atoms with Gasteiger partial charge in [-0.15, -0.1) is 0 Å². The Morgan fingerprint density at radius 1 is 1.35 bits per heavy atom. The molecule has 1 aliphatic rings. The van der Waals surface area contributed by atoms with Crippen molar-refractivity contribution in [3.63, 3.8) is 0 Å². The van der Waals surface area contributed by atoms with Crippen molar-refractivity contribution in [1.82, 2.24) is 5.32 Å². The lowest BCUT2D eigenvalue weighted by atomic mass is 10.1. The first kappa shape index (κ1) is 12.4. The van der Waals surface area contributed by atoms with Gasteiger partial charge in [0.2, 0.25) is 0 Å². The van der Waals surface area contributed by atoms with E-state index in [0.29, 0.717) is 6.54 Å². The lowest BCUT2D eigenvalue weighted by molar-refractivity contribution is 0.174. The number of ether oxygens (including phenoxy) is 1. The summed E-state index contributed by atoms with van der Waals surface area (Å²) in [6.45, 7) is 1.64. The molecule has 1 aliphatic carbocycles. The zero-order valence-corrected chi connectivity index (χ0v) is 10.4. The number of benzene rings is 1. The molecule has 1 saturated carbocycles. The minimum atomic E-state index is -0.430. The van der Waals surface area contributed by atoms with Gasteiger partial charge in [0.05, 0.1) is 13.2 Å². The zero-order valence-electron chi connectivity index (χ0n) is 10.4. The van der Waals surface area contributed by atoms with Crippen LogP contribution >= 0.6 is 0 Å². The molecule has 2 rings (SSSR count). The summed E-state index contributed by atoms with van der Waals surface area (Å²) in [7, 11) is 1.64. The van der Waals surface area contributed by atoms with Crippen molar-refractivity contribution in [3.8, 4) is 5.75 Å². The summed E-state index contributed by atoms with van der Waals surface area (Å²) in [6, 6.07) is 7.57. The Morgan fingerprint density at radius 3 is 2.65 bits per heavy atom. The fraction of sp³-hybridized carbons (Fsp3) is 0.571. The second kappa shape index (κ2) is 6.03. The standard InChI is InChI=1S/C14H21NO2/c1-17-13-6-4-12(5-7-13)14(16)10-15-9-8-11-2-3-11/h4-7,11,14-16H,2-3,8-10H2,1H3. The lowest BCUT2D eigenvalue weighted by Crippen LogP contribution is -2.22. The van der Waals surface area contributed by atoms with E-state index in [1.807, 2.05) is 24.3 Å². The highest BCUT2D eigenvalue weighted by atomic mass is 16.5. The third-order valence-corrected chi connectivity index (χ3v) is 3.26. The van der Waals surface area contributed by atoms with Crippen LogP contribution in [0.4, 0.5) is 0 Å². The summed E-state index contributed by atoms with van der Waals surface area (Å²) in [5, 5.41) is 13.3. The molecule has 1 aromatic rings. The molecule has 17 heavy (non-hydrogen) atoms. The minimum Gasteiger partial charge on any atom is -0.497 e. The molecule has 1 unspecified atom stereocenters. The Bertz CT molecular complexity index is 333. The predicted octanol–water partition coefficient (Wildman–Crippen LogP) is 2.12. The number of aliphatic hydroxyl groups is 1. The number of nitrogens with one attached hydrogen (secondary N) is 1. The summed E-state index contributed by atoms with van der Waals surface area (Å²) < 4.78 is 5.08. The Labute approximate surface area is 103 Å². The van der Waals surface area contributed by atoms with Crippen molar-refractivity contribution in [1.29, 1.82) is 0 Å². The van der Waals surface area contributed by atoms with Gasteiger partial charge in [0.1, 0.15) is 5.75 Å². The molecule has 0 heterocycles. The molecular weight excluding hydrogens is 214 g/mol. The molecule has 0 radical (unpaired) electrons. The molecular formula is C14H21NO2. The second-order valence-electron chi connectivity index (χ2n) is 4.73. The molecule has 0 aromatic heterocycles. The summed E-state index contributed by atoms with van der Waals surface area (Å²) in [4.78, 5) is 0. The fourth-order valence-corrected chi connectivity index (χ4v) is 1.90. The van der Waals surface area contributed by atoms with Gasteiger partial charge in [-0.1, -0.05) is 25.0 Å². The van der Waals surface area contributed by atoms with E-state index in [1.54, 1.807) is 7.11 Å². The van der Waals surface area contributed by atoms with Crippen LogP contribution < -0.4 is 10.1 Å². The average molecular weight is 235 g/mol. The van der Waals surface area contributed by atoms with Gasteiger partial charge in [-0.25, -0.2) is 0 Å². The van der Waals surface area contributed by atoms with Crippen molar-refractivity contribution in [2.24, 2.45) is 5.92 Å². The molecule has 0 amide bonds. The van der Waals surface area contributed by atoms with Gasteiger partial charge in [-0.2, -0.15) is 0 Å². The molecule has 94 valence electrons. The first-order valence-corrected chi connectivity index (χ1v) is 6.32. The van der Waals surface area contributed by atoms with Crippen LogP contribution in [0.2, 0.25) is 0 Å². The number of methoxy groups -OCH3 is 1. The molecule has 0 aliphatic heterocycles. The number of rotatable bonds is 7. The zero-order chi connectivity index (χ0) is 12.1. The van der Waals surface area contributed by atoms with E-state index in [4.69, 9.17) is 4.74 Å². The van der Waals surface area contributed by atoms with Gasteiger partial charge in [-0.3, -0.25) is 0 Å². The van der Waals surface area contributed by atoms with Gasteiger partial charge in [-0.05, 0) is 36.6 Å². The normalized spacial score (nSPS) is 16.8. The summed E-state index contributed by atoms with van der Waals surface area (Å²) >= 11 is 0. The van der Waals surface area contributed by atoms with E-state index in [2.05, 4.69) is 5.32 Å². The molecule has 3 heteroatoms. The molecule has 0 spiro atoms. The topological polar surface area (TPSA) is 41.5 Å². The van der Waals surface area contributed by atoms with Crippen LogP contribution in [0.15, 0.2) is 24.3 Å². The van der Waals surface area contributed by atoms with E-state index < -0.39 is 6.10 Å². The number of hydrogen-bond donors (Lipinski definition) is 2. The van der Waals surface area contributed by atoms with Crippen LogP contribution in [-0.2, 0) is 0 Å². The molecule has 1 atom stereocenters. The molecule has 2 N–H and O–H groups in total. The van der Waals surface area contributed by atoms with E-state index >= 15 is 0 Å². The lowest BCUT2D eigenvalue weighted by Gasteiger charge is -2.12. The Balaban J connectivity index is 1.71. The first-order valence-electron chi connectivity index (χ1n) is 6.32. The molecule has 1 fully saturated rings. The van der Waals surface area contributed by atoms with Crippen LogP contribution in [0.25, 0.3) is 0 Å². The van der Waals surface area contributed by atoms with Crippen molar-refractivity contribution in [2.75, 3.05) is 20.2 Å². The highest BCUT2D eigenvalue weighted by Crippen LogP contribution is 2.31. The summed E-state index contributed by atoms with van der Waals surface area (Å²) in [5.74, 6) is 1.77. The molecule has 0 bridgehead atoms. The Morgan fingerprint density at radius 2 is 2.06 bits per heavy atom. The van der Waals surface area contributed by atoms with Gasteiger partial charge < -0.3 is 15.2 Å². The monoisotopic (exact) mass is 235 g/mol. The largest absolute Gasteiger partial charge is 0.497 e. The minimum absolute atomic E-state index is 0.430. The van der Waals surface area contributed by atoms with Gasteiger partial charge in [0.25, 0.3) is 0 Å². The maximum absolute atomic E-state index is 9.96. The number of hydrogen-bond acceptors (Lipinski definition) is 3. The summed E-state index contributed by atoms with van der Waals surface area (Å²) in [5.41, 5.74) is 0.935. The Hall–Kier alpha value is -1.06.